The quantitative estimate of drug-likeness (QED) is 0.00717. The number of hydrogen-bond acceptors (Lipinski definition) is 20. The molecule has 3 N–H and O–H groups in total. The molecule has 516 valence electrons. The van der Waals surface area contributed by atoms with Gasteiger partial charge in [0.2, 0.25) is 0 Å². The number of benzene rings is 4. The molecule has 14 nitrogen and oxygen atoms in total. The lowest BCUT2D eigenvalue weighted by molar-refractivity contribution is -0.144. The fraction of sp³-hybridized carbons (Fsp3) is 0.500. The summed E-state index contributed by atoms with van der Waals surface area (Å²) >= 11 is 16.1. The summed E-state index contributed by atoms with van der Waals surface area (Å²) in [5.41, 5.74) is 9.44. The monoisotopic (exact) mass is 1470 g/mol. The van der Waals surface area contributed by atoms with E-state index in [9.17, 15) is 19.2 Å². The Labute approximate surface area is 605 Å². The second-order valence-corrected chi connectivity index (χ2v) is 34.2. The normalized spacial score (nSPS) is 12.2. The van der Waals surface area contributed by atoms with Gasteiger partial charge in [-0.15, -0.1) is 35.2 Å². The number of ether oxygens (including phenoxy) is 5. The predicted octanol–water partition coefficient (Wildman–Crippen LogP) is 13.2. The number of esters is 2. The van der Waals surface area contributed by atoms with E-state index < -0.39 is 12.2 Å². The zero-order chi connectivity index (χ0) is 67.7. The molecular weight excluding hydrogens is 1380 g/mol. The Bertz CT molecular complexity index is 3070. The molecule has 94 heavy (non-hydrogen) atoms. The van der Waals surface area contributed by atoms with Crippen molar-refractivity contribution in [3.8, 4) is 22.5 Å². The van der Waals surface area contributed by atoms with Gasteiger partial charge in [0.15, 0.2) is 0 Å². The highest BCUT2D eigenvalue weighted by atomic mass is 35.5. The summed E-state index contributed by atoms with van der Waals surface area (Å²) in [5, 5.41) is 17.8. The standard InChI is InChI=1S/C42H51N5O5S4.C16H22O2S3.C12H22O2S2.ClH/c1-30(43)13-11-27-54-55-28-26-50-24-12-22-44-41(49)52-36-29-32-16-7-8-17-33(32)38-39(35-19-10-9-18-34(35)36)47(46-45-38)23-25-51-37(48)20-21-42(2,3)56-40(53)31-14-5-4-6-15-31;1-16(2,10-9-14(17)18-11-12-20-3)21-15(19)13-7-5-4-6-8-13;1-11(2)5-4-9-15-16-10-8-14-7-6-12(3)13;/h4-10,14-19,36,43H,11-13,20-29H2,1-3H3,(H,44,49);4-8H,9-12H2,1-3H3;1,4-10H2,2-3H3;1H. The van der Waals surface area contributed by atoms with Crippen LogP contribution < -0.4 is 23.1 Å². The highest BCUT2D eigenvalue weighted by Gasteiger charge is 2.31. The Morgan fingerprint density at radius 2 is 1.15 bits per heavy atom. The number of nitrogens with zero attached hydrogens (tertiary/aromatic N) is 3. The molecule has 0 spiro atoms. The molecule has 1 atom stereocenters. The second-order valence-electron chi connectivity index (χ2n) is 23.1. The van der Waals surface area contributed by atoms with E-state index in [0.29, 0.717) is 71.6 Å². The number of carbonyl (C=O) groups excluding carboxylic acids is 4. The maximum Gasteiger partial charge on any atom is 0.407 e. The molecule has 24 heteroatoms. The highest BCUT2D eigenvalue weighted by molar-refractivity contribution is 8.77. The van der Waals surface area contributed by atoms with Crippen LogP contribution in [0.4, 0.5) is 4.79 Å². The van der Waals surface area contributed by atoms with Crippen molar-refractivity contribution in [1.82, 2.24) is 20.3 Å². The smallest absolute Gasteiger partial charge is 0.407 e. The Hall–Kier alpha value is -3.85. The number of allylic oxidation sites excluding steroid dienone is 1. The van der Waals surface area contributed by atoms with Gasteiger partial charge in [-0.2, -0.15) is 11.8 Å². The molecular formula is C70H96ClN5O9S9. The van der Waals surface area contributed by atoms with E-state index in [-0.39, 0.29) is 52.7 Å². The number of rotatable bonds is 40. The number of carbonyl (C=O) groups is 4. The maximum atomic E-state index is 13.2. The SMILES string of the molecule is C=C(C)CCCSSCCOCCC(C)=O.CC(=[NH2+])CCCSSCCOCCCNC(=O)OC1Cc2ccccc2-c2nnn(CCOC(=O)CCC(C)(C)SC(=S)c3ccccc3)c2-c2ccccc21.CSCCOC(=O)CCC(C)(C)SC(=S)c1ccccc1.[Cl-]. The molecule has 5 aromatic rings. The number of amides is 1. The van der Waals surface area contributed by atoms with E-state index in [1.807, 2.05) is 166 Å². The lowest BCUT2D eigenvalue weighted by atomic mass is 9.87. The zero-order valence-electron chi connectivity index (χ0n) is 55.8. The van der Waals surface area contributed by atoms with Gasteiger partial charge in [-0.3, -0.25) is 19.8 Å². The predicted molar refractivity (Wildman–Crippen MR) is 407 cm³/mol. The van der Waals surface area contributed by atoms with Crippen LogP contribution in [0.3, 0.4) is 0 Å². The summed E-state index contributed by atoms with van der Waals surface area (Å²) in [6, 6.07) is 35.7. The molecule has 1 amide bonds. The van der Waals surface area contributed by atoms with Crippen LogP contribution in [0.25, 0.3) is 22.5 Å². The van der Waals surface area contributed by atoms with Crippen molar-refractivity contribution in [3.63, 3.8) is 0 Å². The van der Waals surface area contributed by atoms with E-state index in [0.717, 1.165) is 114 Å². The van der Waals surface area contributed by atoms with Gasteiger partial charge in [0.25, 0.3) is 0 Å². The second kappa shape index (κ2) is 48.8. The van der Waals surface area contributed by atoms with Crippen LogP contribution in [-0.2, 0) is 51.0 Å². The number of nitrogens with one attached hydrogen (secondary N) is 1. The fourth-order valence-electron chi connectivity index (χ4n) is 8.78. The first-order chi connectivity index (χ1) is 44.7. The summed E-state index contributed by atoms with van der Waals surface area (Å²) < 4.78 is 31.2. The van der Waals surface area contributed by atoms with Crippen LogP contribution in [0.1, 0.15) is 141 Å². The molecule has 6 rings (SSSR count). The number of ketones is 1. The highest BCUT2D eigenvalue weighted by Crippen LogP contribution is 2.42. The lowest BCUT2D eigenvalue weighted by Crippen LogP contribution is -3.00. The average Bonchev–Trinajstić information content (AvgIpc) is 1.51. The molecule has 1 unspecified atom stereocenters. The van der Waals surface area contributed by atoms with Crippen LogP contribution in [0.2, 0.25) is 0 Å². The summed E-state index contributed by atoms with van der Waals surface area (Å²) in [7, 11) is 7.39. The molecule has 1 aliphatic rings. The van der Waals surface area contributed by atoms with Gasteiger partial charge >= 0.3 is 18.0 Å². The number of nitrogens with two attached hydrogens (primary N) is 1. The minimum atomic E-state index is -0.560. The van der Waals surface area contributed by atoms with Crippen LogP contribution in [0.5, 0.6) is 0 Å². The first-order valence-electron chi connectivity index (χ1n) is 31.5. The fourth-order valence-corrected chi connectivity index (χ4v) is 16.5. The maximum absolute atomic E-state index is 13.2. The van der Waals surface area contributed by atoms with E-state index in [1.54, 1.807) is 46.9 Å². The number of thiocarbonyl (C=S) groups is 2. The first-order valence-corrected chi connectivity index (χ1v) is 40.3. The molecule has 0 fully saturated rings. The minimum Gasteiger partial charge on any atom is -1.00 e. The number of hydrogen-bond donors (Lipinski definition) is 2. The van der Waals surface area contributed by atoms with Crippen LogP contribution in [-0.4, -0.2) is 144 Å². The van der Waals surface area contributed by atoms with E-state index >= 15 is 0 Å². The zero-order valence-corrected chi connectivity index (χ0v) is 63.9. The molecule has 0 saturated heterocycles. The van der Waals surface area contributed by atoms with Crippen LogP contribution >= 0.6 is 103 Å². The summed E-state index contributed by atoms with van der Waals surface area (Å²) in [4.78, 5) is 48.3. The number of alkyl carbamates (subject to hydrolysis) is 1. The Balaban J connectivity index is 0.000000494. The third-order valence-electron chi connectivity index (χ3n) is 13.7. The van der Waals surface area contributed by atoms with Gasteiger partial charge in [0.05, 0.1) is 40.5 Å². The number of fused-ring (bicyclic) bond motifs is 5. The molecule has 0 radical (unpaired) electrons. The van der Waals surface area contributed by atoms with Crippen molar-refractivity contribution in [2.24, 2.45) is 0 Å². The molecule has 0 aliphatic heterocycles. The van der Waals surface area contributed by atoms with Crippen molar-refractivity contribution in [1.29, 1.82) is 0 Å². The van der Waals surface area contributed by atoms with Gasteiger partial charge in [0.1, 0.15) is 36.5 Å². The number of aromatic nitrogens is 3. The van der Waals surface area contributed by atoms with Crippen LogP contribution in [0.15, 0.2) is 121 Å². The number of halogens is 1. The molecule has 1 aromatic heterocycles. The Morgan fingerprint density at radius 1 is 0.628 bits per heavy atom. The Morgan fingerprint density at radius 3 is 1.71 bits per heavy atom. The topological polar surface area (TPSA) is 183 Å². The molecule has 4 aromatic carbocycles. The molecule has 0 bridgehead atoms. The largest absolute Gasteiger partial charge is 1.00 e. The van der Waals surface area contributed by atoms with Crippen molar-refractivity contribution < 1.29 is 60.7 Å². The average molecular weight is 1480 g/mol. The third kappa shape index (κ3) is 36.1. The third-order valence-corrected chi connectivity index (χ3v) is 22.5. The first kappa shape index (κ1) is 84.4. The number of Topliss-reactive ketones (excluding diaryl/α,β-unsaturated/α-hetero) is 1. The van der Waals surface area contributed by atoms with Crippen molar-refractivity contribution >= 4 is 141 Å². The lowest BCUT2D eigenvalue weighted by Gasteiger charge is -2.25. The van der Waals surface area contributed by atoms with Gasteiger partial charge in [0, 0.05) is 107 Å². The van der Waals surface area contributed by atoms with E-state index in [1.165, 1.54) is 17.7 Å². The molecule has 1 aliphatic carbocycles. The number of thioether (sulfide) groups is 3. The van der Waals surface area contributed by atoms with Crippen molar-refractivity contribution in [3.05, 3.63) is 144 Å². The minimum absolute atomic E-state index is 0. The van der Waals surface area contributed by atoms with Crippen molar-refractivity contribution in [2.45, 2.75) is 141 Å². The van der Waals surface area contributed by atoms with E-state index in [4.69, 9.17) is 53.5 Å². The van der Waals surface area contributed by atoms with E-state index in [2.05, 4.69) is 56.8 Å². The summed E-state index contributed by atoms with van der Waals surface area (Å²) in [6.45, 7) is 21.8. The van der Waals surface area contributed by atoms with Gasteiger partial charge < -0.3 is 41.4 Å². The summed E-state index contributed by atoms with van der Waals surface area (Å²) in [5.74, 6) is 4.81. The van der Waals surface area contributed by atoms with Gasteiger partial charge in [-0.1, -0.05) is 215 Å². The van der Waals surface area contributed by atoms with Crippen LogP contribution in [0, 0.1) is 0 Å². The Kier molecular flexibility index (Phi) is 43.8. The summed E-state index contributed by atoms with van der Waals surface area (Å²) in [6.07, 6.45) is 9.11. The van der Waals surface area contributed by atoms with Gasteiger partial charge in [-0.05, 0) is 75.3 Å². The van der Waals surface area contributed by atoms with Gasteiger partial charge in [-0.25, -0.2) is 9.48 Å². The molecule has 0 saturated carbocycles. The van der Waals surface area contributed by atoms with Crippen molar-refractivity contribution in [2.75, 3.05) is 81.2 Å². The molecule has 1 heterocycles.